The van der Waals surface area contributed by atoms with Crippen molar-refractivity contribution in [1.29, 1.82) is 0 Å². The van der Waals surface area contributed by atoms with Gasteiger partial charge in [0.1, 0.15) is 5.76 Å². The van der Waals surface area contributed by atoms with E-state index in [2.05, 4.69) is 38.3 Å². The van der Waals surface area contributed by atoms with Gasteiger partial charge in [-0.3, -0.25) is 9.69 Å². The average molecular weight is 442 g/mol. The van der Waals surface area contributed by atoms with E-state index in [9.17, 15) is 4.79 Å². The number of furan rings is 1. The molecule has 1 aromatic heterocycles. The largest absolute Gasteiger partial charge is 0.469 e. The number of fused-ring (bicyclic) bond motifs is 1. The quantitative estimate of drug-likeness (QED) is 0.379. The van der Waals surface area contributed by atoms with Crippen molar-refractivity contribution in [2.24, 2.45) is 28.6 Å². The van der Waals surface area contributed by atoms with Crippen molar-refractivity contribution in [3.63, 3.8) is 0 Å². The molecule has 32 heavy (non-hydrogen) atoms. The van der Waals surface area contributed by atoms with Crippen LogP contribution in [-0.2, 0) is 22.5 Å². The Bertz CT molecular complexity index is 820. The van der Waals surface area contributed by atoms with Gasteiger partial charge >= 0.3 is 5.97 Å². The maximum Gasteiger partial charge on any atom is 0.311 e. The first-order chi connectivity index (χ1) is 15.3. The van der Waals surface area contributed by atoms with Gasteiger partial charge in [-0.15, -0.1) is 0 Å². The van der Waals surface area contributed by atoms with Crippen LogP contribution in [0.4, 0.5) is 0 Å². The van der Waals surface area contributed by atoms with E-state index < -0.39 is 0 Å². The van der Waals surface area contributed by atoms with Crippen LogP contribution in [0.25, 0.3) is 0 Å². The molecular formula is C28H43NO3. The third kappa shape index (κ3) is 4.32. The molecule has 2 aliphatic carbocycles. The number of methoxy groups -OCH3 is 1. The summed E-state index contributed by atoms with van der Waals surface area (Å²) in [5, 5.41) is 0. The molecule has 178 valence electrons. The number of carbonyl (C=O) groups is 1. The van der Waals surface area contributed by atoms with E-state index in [1.54, 1.807) is 7.11 Å². The Hall–Kier alpha value is -1.55. The van der Waals surface area contributed by atoms with Gasteiger partial charge in [0.05, 0.1) is 25.3 Å². The van der Waals surface area contributed by atoms with Gasteiger partial charge in [0.25, 0.3) is 0 Å². The molecule has 0 radical (unpaired) electrons. The van der Waals surface area contributed by atoms with Gasteiger partial charge in [0.2, 0.25) is 0 Å². The summed E-state index contributed by atoms with van der Waals surface area (Å²) in [5.41, 5.74) is 2.48. The molecule has 2 heterocycles. The SMILES string of the molecule is C=C1CCC2C(C)(C(=O)OC)CCC[C@]2(C)[C@H]1CCc1ccoc1CN1CCC(C)CC1. The molecule has 1 aromatic rings. The molecular weight excluding hydrogens is 398 g/mol. The van der Waals surface area contributed by atoms with E-state index in [-0.39, 0.29) is 16.8 Å². The lowest BCUT2D eigenvalue weighted by molar-refractivity contribution is -0.168. The van der Waals surface area contributed by atoms with Crippen LogP contribution in [0.2, 0.25) is 0 Å². The van der Waals surface area contributed by atoms with Crippen LogP contribution in [-0.4, -0.2) is 31.1 Å². The second-order valence-electron chi connectivity index (χ2n) is 11.4. The minimum absolute atomic E-state index is 0.0207. The van der Waals surface area contributed by atoms with Crippen molar-refractivity contribution in [2.75, 3.05) is 20.2 Å². The fraction of sp³-hybridized carbons (Fsp3) is 0.750. The molecule has 0 amide bonds. The number of carbonyl (C=O) groups excluding carboxylic acids is 1. The lowest BCUT2D eigenvalue weighted by atomic mass is 9.46. The van der Waals surface area contributed by atoms with E-state index in [0.717, 1.165) is 56.7 Å². The molecule has 0 aromatic carbocycles. The summed E-state index contributed by atoms with van der Waals surface area (Å²) in [6, 6.07) is 2.17. The Balaban J connectivity index is 1.47. The molecule has 3 aliphatic rings. The first-order valence-electron chi connectivity index (χ1n) is 12.8. The van der Waals surface area contributed by atoms with Crippen LogP contribution in [0.1, 0.15) is 83.5 Å². The Morgan fingerprint density at radius 1 is 1.25 bits per heavy atom. The molecule has 1 aliphatic heterocycles. The van der Waals surface area contributed by atoms with Crippen molar-refractivity contribution in [2.45, 2.75) is 85.1 Å². The van der Waals surface area contributed by atoms with Crippen molar-refractivity contribution >= 4 is 5.97 Å². The zero-order valence-corrected chi connectivity index (χ0v) is 20.8. The molecule has 4 heteroatoms. The number of allylic oxidation sites excluding steroid dienone is 1. The number of hydrogen-bond acceptors (Lipinski definition) is 4. The number of likely N-dealkylation sites (tertiary alicyclic amines) is 1. The number of piperidine rings is 1. The average Bonchev–Trinajstić information content (AvgIpc) is 3.21. The van der Waals surface area contributed by atoms with Gasteiger partial charge < -0.3 is 9.15 Å². The summed E-state index contributed by atoms with van der Waals surface area (Å²) >= 11 is 0. The summed E-state index contributed by atoms with van der Waals surface area (Å²) in [4.78, 5) is 15.4. The van der Waals surface area contributed by atoms with E-state index >= 15 is 0 Å². The lowest BCUT2D eigenvalue weighted by Gasteiger charge is -2.57. The van der Waals surface area contributed by atoms with Gasteiger partial charge in [-0.05, 0) is 106 Å². The van der Waals surface area contributed by atoms with Crippen LogP contribution in [0.5, 0.6) is 0 Å². The highest BCUT2D eigenvalue weighted by Gasteiger charge is 2.57. The van der Waals surface area contributed by atoms with Gasteiger partial charge in [-0.1, -0.05) is 32.4 Å². The van der Waals surface area contributed by atoms with Crippen molar-refractivity contribution in [3.05, 3.63) is 35.8 Å². The maximum absolute atomic E-state index is 12.8. The number of aryl methyl sites for hydroxylation is 1. The molecule has 2 unspecified atom stereocenters. The minimum Gasteiger partial charge on any atom is -0.469 e. The van der Waals surface area contributed by atoms with E-state index in [1.165, 1.54) is 43.5 Å². The van der Waals surface area contributed by atoms with E-state index in [0.29, 0.717) is 11.8 Å². The molecule has 4 rings (SSSR count). The molecule has 0 bridgehead atoms. The monoisotopic (exact) mass is 441 g/mol. The first kappa shape index (κ1) is 23.6. The van der Waals surface area contributed by atoms with Crippen molar-refractivity contribution < 1.29 is 13.9 Å². The molecule has 2 saturated carbocycles. The smallest absolute Gasteiger partial charge is 0.311 e. The topological polar surface area (TPSA) is 42.7 Å². The zero-order chi connectivity index (χ0) is 22.9. The predicted molar refractivity (Wildman–Crippen MR) is 128 cm³/mol. The standard InChI is InChI=1S/C28H43NO3/c1-20-11-16-29(17-12-20)19-24-22(13-18-32-24)8-9-23-21(2)7-10-25-27(23,3)14-6-15-28(25,4)26(30)31-5/h13,18,20,23,25H,2,6-12,14-17,19H2,1,3-5H3/t23-,25?,27+,28?/m0/s1. The Morgan fingerprint density at radius 3 is 2.72 bits per heavy atom. The maximum atomic E-state index is 12.8. The Labute approximate surface area is 194 Å². The summed E-state index contributed by atoms with van der Waals surface area (Å²) in [6.07, 6.45) is 11.9. The van der Waals surface area contributed by atoms with Crippen LogP contribution in [0.15, 0.2) is 28.9 Å². The second-order valence-corrected chi connectivity index (χ2v) is 11.4. The fourth-order valence-corrected chi connectivity index (χ4v) is 7.41. The minimum atomic E-state index is -0.368. The normalized spacial score (nSPS) is 34.3. The number of rotatable bonds is 6. The third-order valence-electron chi connectivity index (χ3n) is 9.45. The molecule has 4 nitrogen and oxygen atoms in total. The van der Waals surface area contributed by atoms with E-state index in [4.69, 9.17) is 9.15 Å². The summed E-state index contributed by atoms with van der Waals surface area (Å²) < 4.78 is 11.2. The highest BCUT2D eigenvalue weighted by atomic mass is 16.5. The third-order valence-corrected chi connectivity index (χ3v) is 9.45. The molecule has 4 atom stereocenters. The summed E-state index contributed by atoms with van der Waals surface area (Å²) in [5.74, 6) is 2.79. The van der Waals surface area contributed by atoms with Gasteiger partial charge in [-0.25, -0.2) is 0 Å². The summed E-state index contributed by atoms with van der Waals surface area (Å²) in [6.45, 7) is 14.7. The van der Waals surface area contributed by atoms with Crippen molar-refractivity contribution in [1.82, 2.24) is 4.90 Å². The number of ether oxygens (including phenoxy) is 1. The molecule has 0 spiro atoms. The van der Waals surface area contributed by atoms with Crippen LogP contribution >= 0.6 is 0 Å². The van der Waals surface area contributed by atoms with Crippen molar-refractivity contribution in [3.8, 4) is 0 Å². The van der Waals surface area contributed by atoms with Gasteiger partial charge in [-0.2, -0.15) is 0 Å². The Morgan fingerprint density at radius 2 is 2.00 bits per heavy atom. The molecule has 1 saturated heterocycles. The van der Waals surface area contributed by atoms with E-state index in [1.807, 2.05) is 6.26 Å². The Kier molecular flexibility index (Phi) is 6.91. The summed E-state index contributed by atoms with van der Waals surface area (Å²) in [7, 11) is 1.54. The first-order valence-corrected chi connectivity index (χ1v) is 12.8. The molecule has 3 fully saturated rings. The second kappa shape index (κ2) is 9.37. The highest BCUT2D eigenvalue weighted by molar-refractivity contribution is 5.77. The van der Waals surface area contributed by atoms with Gasteiger partial charge in [0, 0.05) is 0 Å². The zero-order valence-electron chi connectivity index (χ0n) is 20.8. The van der Waals surface area contributed by atoms with Crippen LogP contribution in [0.3, 0.4) is 0 Å². The number of hydrogen-bond donors (Lipinski definition) is 0. The van der Waals surface area contributed by atoms with Crippen LogP contribution in [0, 0.1) is 28.6 Å². The number of nitrogens with zero attached hydrogens (tertiary/aromatic N) is 1. The predicted octanol–water partition coefficient (Wildman–Crippen LogP) is 6.40. The molecule has 0 N–H and O–H groups in total. The van der Waals surface area contributed by atoms with Gasteiger partial charge in [0.15, 0.2) is 0 Å². The van der Waals surface area contributed by atoms with Crippen LogP contribution < -0.4 is 0 Å². The fourth-order valence-electron chi connectivity index (χ4n) is 7.41. The lowest BCUT2D eigenvalue weighted by Crippen LogP contribution is -2.53. The highest BCUT2D eigenvalue weighted by Crippen LogP contribution is 2.62. The number of esters is 1.